The maximum Gasteiger partial charge on any atom is 0.257 e. The molecule has 2 N–H and O–H groups in total. The summed E-state index contributed by atoms with van der Waals surface area (Å²) in [5.74, 6) is 1.02. The third-order valence-corrected chi connectivity index (χ3v) is 3.63. The second-order valence-corrected chi connectivity index (χ2v) is 6.62. The number of carbonyl (C=O) groups excluding carboxylic acids is 1. The van der Waals surface area contributed by atoms with Crippen LogP contribution in [-0.2, 0) is 0 Å². The van der Waals surface area contributed by atoms with Crippen molar-refractivity contribution in [2.75, 3.05) is 18.8 Å². The number of nitrogens with two attached hydrogens (primary N) is 1. The van der Waals surface area contributed by atoms with Crippen LogP contribution in [-0.4, -0.2) is 28.9 Å². The van der Waals surface area contributed by atoms with Crippen molar-refractivity contribution in [2.24, 2.45) is 11.8 Å². The molecule has 21 heavy (non-hydrogen) atoms. The van der Waals surface area contributed by atoms with Gasteiger partial charge in [0.05, 0.1) is 17.4 Å². The number of rotatable bonds is 7. The van der Waals surface area contributed by atoms with E-state index in [0.29, 0.717) is 23.1 Å². The lowest BCUT2D eigenvalue weighted by molar-refractivity contribution is 0.0740. The van der Waals surface area contributed by atoms with Gasteiger partial charge in [0, 0.05) is 13.1 Å². The Bertz CT molecular complexity index is 463. The second kappa shape index (κ2) is 8.23. The SMILES string of the molecule is CC(C)CCN(CCC(C)C)C(=O)c1cc(N)cnc1Cl. The largest absolute Gasteiger partial charge is 0.397 e. The molecule has 0 atom stereocenters. The molecule has 118 valence electrons. The van der Waals surface area contributed by atoms with E-state index in [9.17, 15) is 4.79 Å². The average molecular weight is 312 g/mol. The van der Waals surface area contributed by atoms with Gasteiger partial charge in [0.2, 0.25) is 0 Å². The molecule has 0 aliphatic rings. The van der Waals surface area contributed by atoms with E-state index >= 15 is 0 Å². The zero-order chi connectivity index (χ0) is 16.0. The number of nitrogen functional groups attached to an aromatic ring is 1. The summed E-state index contributed by atoms with van der Waals surface area (Å²) < 4.78 is 0. The Morgan fingerprint density at radius 3 is 2.24 bits per heavy atom. The van der Waals surface area contributed by atoms with Gasteiger partial charge in [-0.3, -0.25) is 4.79 Å². The first-order valence-corrected chi connectivity index (χ1v) is 7.89. The molecule has 1 aromatic heterocycles. The van der Waals surface area contributed by atoms with Gasteiger partial charge in [-0.05, 0) is 30.7 Å². The van der Waals surface area contributed by atoms with E-state index in [-0.39, 0.29) is 11.1 Å². The third kappa shape index (κ3) is 5.92. The van der Waals surface area contributed by atoms with Crippen LogP contribution in [0.25, 0.3) is 0 Å². The van der Waals surface area contributed by atoms with Crippen molar-refractivity contribution in [2.45, 2.75) is 40.5 Å². The fourth-order valence-electron chi connectivity index (χ4n) is 1.93. The van der Waals surface area contributed by atoms with Crippen molar-refractivity contribution in [1.82, 2.24) is 9.88 Å². The molecule has 0 spiro atoms. The standard InChI is InChI=1S/C16H26ClN3O/c1-11(2)5-7-20(8-6-12(3)4)16(21)14-9-13(18)10-19-15(14)17/h9-12H,5-8,18H2,1-4H3. The molecule has 1 aromatic rings. The summed E-state index contributed by atoms with van der Waals surface area (Å²) in [6.07, 6.45) is 3.40. The number of anilines is 1. The number of hydrogen-bond donors (Lipinski definition) is 1. The van der Waals surface area contributed by atoms with Crippen LogP contribution in [0.5, 0.6) is 0 Å². The molecular weight excluding hydrogens is 286 g/mol. The maximum absolute atomic E-state index is 12.7. The summed E-state index contributed by atoms with van der Waals surface area (Å²) in [6, 6.07) is 1.61. The number of pyridine rings is 1. The van der Waals surface area contributed by atoms with E-state index in [1.54, 1.807) is 6.07 Å². The number of carbonyl (C=O) groups is 1. The van der Waals surface area contributed by atoms with Crippen molar-refractivity contribution in [1.29, 1.82) is 0 Å². The molecule has 0 aromatic carbocycles. The highest BCUT2D eigenvalue weighted by Crippen LogP contribution is 2.19. The van der Waals surface area contributed by atoms with Crippen LogP contribution in [0.1, 0.15) is 50.9 Å². The predicted octanol–water partition coefficient (Wildman–Crippen LogP) is 3.85. The molecule has 0 bridgehead atoms. The minimum Gasteiger partial charge on any atom is -0.397 e. The predicted molar refractivity (Wildman–Crippen MR) is 88.5 cm³/mol. The van der Waals surface area contributed by atoms with Crippen molar-refractivity contribution >= 4 is 23.2 Å². The molecule has 1 heterocycles. The fraction of sp³-hybridized carbons (Fsp3) is 0.625. The lowest BCUT2D eigenvalue weighted by atomic mass is 10.1. The van der Waals surface area contributed by atoms with Crippen LogP contribution >= 0.6 is 11.6 Å². The van der Waals surface area contributed by atoms with Crippen LogP contribution < -0.4 is 5.73 Å². The van der Waals surface area contributed by atoms with Crippen LogP contribution in [0.4, 0.5) is 5.69 Å². The van der Waals surface area contributed by atoms with Gasteiger partial charge in [0.1, 0.15) is 5.15 Å². The lowest BCUT2D eigenvalue weighted by Crippen LogP contribution is -2.34. The van der Waals surface area contributed by atoms with E-state index in [0.717, 1.165) is 25.9 Å². The number of nitrogens with zero attached hydrogens (tertiary/aromatic N) is 2. The maximum atomic E-state index is 12.7. The van der Waals surface area contributed by atoms with Gasteiger partial charge in [-0.15, -0.1) is 0 Å². The molecule has 1 rings (SSSR count). The quantitative estimate of drug-likeness (QED) is 0.778. The Balaban J connectivity index is 2.89. The Hall–Kier alpha value is -1.29. The van der Waals surface area contributed by atoms with Gasteiger partial charge < -0.3 is 10.6 Å². The number of aromatic nitrogens is 1. The van der Waals surface area contributed by atoms with Crippen molar-refractivity contribution < 1.29 is 4.79 Å². The number of amides is 1. The molecule has 0 saturated carbocycles. The van der Waals surface area contributed by atoms with E-state index in [4.69, 9.17) is 17.3 Å². The topological polar surface area (TPSA) is 59.2 Å². The Morgan fingerprint density at radius 1 is 1.24 bits per heavy atom. The summed E-state index contributed by atoms with van der Waals surface area (Å²) in [4.78, 5) is 18.5. The molecule has 0 unspecified atom stereocenters. The van der Waals surface area contributed by atoms with Gasteiger partial charge in [0.15, 0.2) is 0 Å². The summed E-state index contributed by atoms with van der Waals surface area (Å²) in [7, 11) is 0. The highest BCUT2D eigenvalue weighted by Gasteiger charge is 2.20. The van der Waals surface area contributed by atoms with E-state index in [1.165, 1.54) is 6.20 Å². The van der Waals surface area contributed by atoms with Crippen molar-refractivity contribution in [3.8, 4) is 0 Å². The second-order valence-electron chi connectivity index (χ2n) is 6.26. The van der Waals surface area contributed by atoms with Crippen LogP contribution in [0.3, 0.4) is 0 Å². The van der Waals surface area contributed by atoms with Gasteiger partial charge in [-0.25, -0.2) is 4.98 Å². The third-order valence-electron chi connectivity index (χ3n) is 3.33. The Labute approximate surface area is 132 Å². The molecule has 1 amide bonds. The van der Waals surface area contributed by atoms with Gasteiger partial charge in [-0.1, -0.05) is 39.3 Å². The average Bonchev–Trinajstić information content (AvgIpc) is 2.40. The molecule has 5 heteroatoms. The van der Waals surface area contributed by atoms with Gasteiger partial charge in [-0.2, -0.15) is 0 Å². The summed E-state index contributed by atoms with van der Waals surface area (Å²) in [5, 5.41) is 0.216. The molecule has 0 aliphatic heterocycles. The number of halogens is 1. The summed E-state index contributed by atoms with van der Waals surface area (Å²) in [5.41, 5.74) is 6.56. The molecule has 0 saturated heterocycles. The minimum atomic E-state index is -0.0823. The lowest BCUT2D eigenvalue weighted by Gasteiger charge is -2.25. The van der Waals surface area contributed by atoms with E-state index in [2.05, 4.69) is 32.7 Å². The zero-order valence-electron chi connectivity index (χ0n) is 13.4. The molecule has 4 nitrogen and oxygen atoms in total. The van der Waals surface area contributed by atoms with Crippen molar-refractivity contribution in [3.63, 3.8) is 0 Å². The van der Waals surface area contributed by atoms with E-state index in [1.807, 2.05) is 4.90 Å². The smallest absolute Gasteiger partial charge is 0.257 e. The summed E-state index contributed by atoms with van der Waals surface area (Å²) >= 11 is 6.05. The Morgan fingerprint density at radius 2 is 1.76 bits per heavy atom. The van der Waals surface area contributed by atoms with Crippen molar-refractivity contribution in [3.05, 3.63) is 23.0 Å². The van der Waals surface area contributed by atoms with Crippen LogP contribution in [0, 0.1) is 11.8 Å². The first kappa shape index (κ1) is 17.8. The normalized spacial score (nSPS) is 11.2. The van der Waals surface area contributed by atoms with E-state index < -0.39 is 0 Å². The molecule has 0 radical (unpaired) electrons. The van der Waals surface area contributed by atoms with Crippen LogP contribution in [0.15, 0.2) is 12.3 Å². The number of hydrogen-bond acceptors (Lipinski definition) is 3. The first-order valence-electron chi connectivity index (χ1n) is 7.51. The summed E-state index contributed by atoms with van der Waals surface area (Å²) in [6.45, 7) is 10.1. The minimum absolute atomic E-state index is 0.0823. The fourth-order valence-corrected chi connectivity index (χ4v) is 2.11. The van der Waals surface area contributed by atoms with Crippen LogP contribution in [0.2, 0.25) is 5.15 Å². The highest BCUT2D eigenvalue weighted by atomic mass is 35.5. The molecular formula is C16H26ClN3O. The zero-order valence-corrected chi connectivity index (χ0v) is 14.2. The monoisotopic (exact) mass is 311 g/mol. The molecule has 0 fully saturated rings. The Kier molecular flexibility index (Phi) is 6.96. The molecule has 0 aliphatic carbocycles. The van der Waals surface area contributed by atoms with Gasteiger partial charge in [0.25, 0.3) is 5.91 Å². The highest BCUT2D eigenvalue weighted by molar-refractivity contribution is 6.32. The first-order chi connectivity index (χ1) is 9.81. The van der Waals surface area contributed by atoms with Gasteiger partial charge >= 0.3 is 0 Å².